The fourth-order valence-corrected chi connectivity index (χ4v) is 11.5. The van der Waals surface area contributed by atoms with Gasteiger partial charge in [0.25, 0.3) is 6.71 Å². The highest BCUT2D eigenvalue weighted by atomic mass is 15.2. The maximum atomic E-state index is 2.63. The van der Waals surface area contributed by atoms with E-state index in [1.54, 1.807) is 0 Å². The second-order valence-electron chi connectivity index (χ2n) is 25.0. The zero-order chi connectivity index (χ0) is 49.3. The van der Waals surface area contributed by atoms with Crippen LogP contribution in [0.15, 0.2) is 109 Å². The van der Waals surface area contributed by atoms with Crippen molar-refractivity contribution in [3.8, 4) is 22.3 Å². The summed E-state index contributed by atoms with van der Waals surface area (Å²) in [6, 6.07) is 44.0. The number of benzene rings is 7. The number of anilines is 6. The monoisotopic (exact) mass is 895 g/mol. The van der Waals surface area contributed by atoms with E-state index in [-0.39, 0.29) is 28.4 Å². The molecule has 0 spiro atoms. The topological polar surface area (TPSA) is 6.48 Å². The molecule has 7 aromatic rings. The molecule has 0 bridgehead atoms. The zero-order valence-electron chi connectivity index (χ0n) is 44.9. The summed E-state index contributed by atoms with van der Waals surface area (Å²) in [7, 11) is 0. The second-order valence-corrected chi connectivity index (χ2v) is 25.0. The first-order valence-corrected chi connectivity index (χ1v) is 25.1. The Morgan fingerprint density at radius 1 is 0.324 bits per heavy atom. The van der Waals surface area contributed by atoms with Crippen LogP contribution in [0.25, 0.3) is 22.3 Å². The van der Waals surface area contributed by atoms with Crippen LogP contribution in [0.1, 0.15) is 144 Å². The van der Waals surface area contributed by atoms with Crippen molar-refractivity contribution in [2.45, 2.75) is 153 Å². The van der Waals surface area contributed by atoms with Gasteiger partial charge in [-0.15, -0.1) is 0 Å². The SMILES string of the molecule is Cc1cc(C)c(-c2ccc3c(c2)B2c4cc(-c5c(C)cc(C)cc5C)ccc4N(c4cc(C(C)(C)C)cc(C(C)(C)C)c4)c4cc(C)cc(c42)N3c2cc(C(C)(C)C)cc(C(C)(C)C)c2)c(C)c1. The number of aryl methyl sites for hydroxylation is 7. The predicted octanol–water partition coefficient (Wildman–Crippen LogP) is 16.5. The summed E-state index contributed by atoms with van der Waals surface area (Å²) < 4.78 is 0. The highest BCUT2D eigenvalue weighted by Crippen LogP contribution is 2.48. The molecule has 0 saturated carbocycles. The molecule has 7 aromatic carbocycles. The van der Waals surface area contributed by atoms with Crippen LogP contribution >= 0.6 is 0 Å². The molecule has 0 saturated heterocycles. The van der Waals surface area contributed by atoms with Gasteiger partial charge in [0.2, 0.25) is 0 Å². The molecule has 68 heavy (non-hydrogen) atoms. The third-order valence-corrected chi connectivity index (χ3v) is 15.0. The van der Waals surface area contributed by atoms with Gasteiger partial charge >= 0.3 is 0 Å². The summed E-state index contributed by atoms with van der Waals surface area (Å²) in [5.41, 5.74) is 31.0. The van der Waals surface area contributed by atoms with Gasteiger partial charge in [0.05, 0.1) is 0 Å². The fraction of sp³-hybridized carbons (Fsp3) is 0.354. The second kappa shape index (κ2) is 16.1. The summed E-state index contributed by atoms with van der Waals surface area (Å²) in [6.45, 7) is 44.1. The van der Waals surface area contributed by atoms with Crippen LogP contribution < -0.4 is 26.2 Å². The Bertz CT molecular complexity index is 2870. The molecule has 2 heterocycles. The Hall–Kier alpha value is -5.80. The third kappa shape index (κ3) is 8.22. The molecule has 0 aromatic heterocycles. The molecular formula is C65H75BN2. The Morgan fingerprint density at radius 2 is 0.618 bits per heavy atom. The predicted molar refractivity (Wildman–Crippen MR) is 299 cm³/mol. The lowest BCUT2D eigenvalue weighted by atomic mass is 9.33. The quantitative estimate of drug-likeness (QED) is 0.162. The number of nitrogens with zero attached hydrogens (tertiary/aromatic N) is 2. The van der Waals surface area contributed by atoms with E-state index in [0.29, 0.717) is 0 Å². The molecule has 2 aliphatic rings. The summed E-state index contributed by atoms with van der Waals surface area (Å²) in [6.07, 6.45) is 0. The van der Waals surface area contributed by atoms with E-state index < -0.39 is 0 Å². The van der Waals surface area contributed by atoms with Gasteiger partial charge in [-0.25, -0.2) is 0 Å². The van der Waals surface area contributed by atoms with Crippen molar-refractivity contribution in [2.24, 2.45) is 0 Å². The fourth-order valence-electron chi connectivity index (χ4n) is 11.5. The maximum Gasteiger partial charge on any atom is 0.252 e. The van der Waals surface area contributed by atoms with E-state index in [9.17, 15) is 0 Å². The van der Waals surface area contributed by atoms with Crippen LogP contribution in [-0.4, -0.2) is 6.71 Å². The molecule has 0 fully saturated rings. The highest BCUT2D eigenvalue weighted by molar-refractivity contribution is 7.00. The molecule has 3 heteroatoms. The van der Waals surface area contributed by atoms with Gasteiger partial charge in [-0.05, 0) is 207 Å². The largest absolute Gasteiger partial charge is 0.311 e. The lowest BCUT2D eigenvalue weighted by molar-refractivity contribution is 0.568. The van der Waals surface area contributed by atoms with Crippen LogP contribution in [0.5, 0.6) is 0 Å². The van der Waals surface area contributed by atoms with Gasteiger partial charge < -0.3 is 9.80 Å². The smallest absolute Gasteiger partial charge is 0.252 e. The van der Waals surface area contributed by atoms with Crippen molar-refractivity contribution in [1.29, 1.82) is 0 Å². The van der Waals surface area contributed by atoms with Gasteiger partial charge in [-0.2, -0.15) is 0 Å². The van der Waals surface area contributed by atoms with Crippen LogP contribution in [0, 0.1) is 48.5 Å². The number of fused-ring (bicyclic) bond motifs is 4. The van der Waals surface area contributed by atoms with Crippen LogP contribution in [0.2, 0.25) is 0 Å². The van der Waals surface area contributed by atoms with Gasteiger partial charge in [-0.3, -0.25) is 0 Å². The number of hydrogen-bond donors (Lipinski definition) is 0. The molecular weight excluding hydrogens is 820 g/mol. The van der Waals surface area contributed by atoms with E-state index in [2.05, 4.69) is 251 Å². The van der Waals surface area contributed by atoms with Crippen LogP contribution in [0.3, 0.4) is 0 Å². The first-order chi connectivity index (χ1) is 31.6. The van der Waals surface area contributed by atoms with Gasteiger partial charge in [0.15, 0.2) is 0 Å². The van der Waals surface area contributed by atoms with Crippen LogP contribution in [-0.2, 0) is 21.7 Å². The van der Waals surface area contributed by atoms with E-state index >= 15 is 0 Å². The van der Waals surface area contributed by atoms with E-state index in [1.807, 2.05) is 0 Å². The Kier molecular flexibility index (Phi) is 11.2. The number of hydrogen-bond acceptors (Lipinski definition) is 2. The minimum Gasteiger partial charge on any atom is -0.311 e. The number of rotatable bonds is 4. The summed E-state index contributed by atoms with van der Waals surface area (Å²) in [5.74, 6) is 0. The molecule has 0 radical (unpaired) electrons. The molecule has 9 rings (SSSR count). The average Bonchev–Trinajstić information content (AvgIpc) is 3.21. The van der Waals surface area contributed by atoms with Crippen LogP contribution in [0.4, 0.5) is 34.1 Å². The Labute approximate surface area is 410 Å². The van der Waals surface area contributed by atoms with Crippen molar-refractivity contribution in [3.63, 3.8) is 0 Å². The summed E-state index contributed by atoms with van der Waals surface area (Å²) in [5, 5.41) is 0. The van der Waals surface area contributed by atoms with Crippen molar-refractivity contribution >= 4 is 57.2 Å². The third-order valence-electron chi connectivity index (χ3n) is 15.0. The van der Waals surface area contributed by atoms with Gasteiger partial charge in [0, 0.05) is 34.1 Å². The highest BCUT2D eigenvalue weighted by Gasteiger charge is 2.44. The molecule has 0 atom stereocenters. The van der Waals surface area contributed by atoms with E-state index in [1.165, 1.54) is 134 Å². The Morgan fingerprint density at radius 3 is 0.912 bits per heavy atom. The van der Waals surface area contributed by atoms with E-state index in [0.717, 1.165) is 0 Å². The standard InChI is InChI=1S/C65H75BN2/c1-38-24-41(4)59(42(5)25-38)45-20-22-55-53(30-45)66-54-31-46(60-43(6)26-39(2)27-44(60)7)21-23-56(54)68(52-36-49(64(14,15)16)33-50(37-52)65(17,18)19)58-29-40(3)28-57(61(58)66)67(55)51-34-47(62(8,9)10)32-48(35-51)63(11,12)13/h20-37H,1-19H3. The first kappa shape index (κ1) is 47.3. The Balaban J connectivity index is 1.45. The molecule has 0 aliphatic carbocycles. The molecule has 348 valence electrons. The molecule has 0 unspecified atom stereocenters. The van der Waals surface area contributed by atoms with Crippen molar-refractivity contribution < 1.29 is 0 Å². The van der Waals surface area contributed by atoms with Gasteiger partial charge in [-0.1, -0.05) is 155 Å². The van der Waals surface area contributed by atoms with Crippen molar-refractivity contribution in [1.82, 2.24) is 0 Å². The van der Waals surface area contributed by atoms with Gasteiger partial charge in [0.1, 0.15) is 0 Å². The van der Waals surface area contributed by atoms with Crippen molar-refractivity contribution in [2.75, 3.05) is 9.80 Å². The summed E-state index contributed by atoms with van der Waals surface area (Å²) >= 11 is 0. The normalized spacial score (nSPS) is 13.7. The molecule has 0 amide bonds. The minimum atomic E-state index is -0.0469. The lowest BCUT2D eigenvalue weighted by Gasteiger charge is -2.45. The minimum absolute atomic E-state index is 0.0316. The first-order valence-electron chi connectivity index (χ1n) is 25.1. The molecule has 0 N–H and O–H groups in total. The lowest BCUT2D eigenvalue weighted by Crippen LogP contribution is -2.61. The van der Waals surface area contributed by atoms with E-state index in [4.69, 9.17) is 0 Å². The molecule has 2 nitrogen and oxygen atoms in total. The summed E-state index contributed by atoms with van der Waals surface area (Å²) in [4.78, 5) is 5.27. The average molecular weight is 895 g/mol. The molecule has 2 aliphatic heterocycles. The van der Waals surface area contributed by atoms with Crippen molar-refractivity contribution in [3.05, 3.63) is 170 Å². The zero-order valence-corrected chi connectivity index (χ0v) is 44.9. The maximum absolute atomic E-state index is 2.63.